The van der Waals surface area contributed by atoms with Gasteiger partial charge in [-0.3, -0.25) is 0 Å². The fraction of sp³-hybridized carbons (Fsp3) is 0.462. The van der Waals surface area contributed by atoms with Crippen LogP contribution in [0.15, 0.2) is 15.2 Å². The van der Waals surface area contributed by atoms with E-state index in [0.717, 1.165) is 11.6 Å². The topological polar surface area (TPSA) is 24.9 Å². The average molecular weight is 343 g/mol. The van der Waals surface area contributed by atoms with E-state index in [1.807, 2.05) is 11.3 Å². The predicted molar refractivity (Wildman–Crippen MR) is 81.4 cm³/mol. The Morgan fingerprint density at radius 3 is 3.22 bits per heavy atom. The summed E-state index contributed by atoms with van der Waals surface area (Å²) in [5.74, 6) is 0. The summed E-state index contributed by atoms with van der Waals surface area (Å²) >= 11 is 7.21. The van der Waals surface area contributed by atoms with E-state index in [2.05, 4.69) is 44.6 Å². The fourth-order valence-electron chi connectivity index (χ4n) is 2.45. The summed E-state index contributed by atoms with van der Waals surface area (Å²) in [5.41, 5.74) is 2.66. The predicted octanol–water partition coefficient (Wildman–Crippen LogP) is 4.44. The molecule has 0 saturated heterocycles. The van der Waals surface area contributed by atoms with Crippen molar-refractivity contribution in [1.82, 2.24) is 10.3 Å². The van der Waals surface area contributed by atoms with Crippen molar-refractivity contribution in [3.8, 4) is 0 Å². The van der Waals surface area contributed by atoms with Gasteiger partial charge in [-0.2, -0.15) is 0 Å². The lowest BCUT2D eigenvalue weighted by atomic mass is 9.94. The van der Waals surface area contributed by atoms with Crippen molar-refractivity contribution < 1.29 is 0 Å². The minimum atomic E-state index is 0.498. The van der Waals surface area contributed by atoms with Crippen LogP contribution < -0.4 is 5.32 Å². The quantitative estimate of drug-likeness (QED) is 0.891. The maximum Gasteiger partial charge on any atom is 0.0897 e. The zero-order chi connectivity index (χ0) is 12.5. The zero-order valence-electron chi connectivity index (χ0n) is 10.2. The first kappa shape index (κ1) is 12.8. The number of nitrogens with zero attached hydrogens (tertiary/aromatic N) is 1. The Balaban J connectivity index is 1.70. The second kappa shape index (κ2) is 5.41. The van der Waals surface area contributed by atoms with Gasteiger partial charge in [0, 0.05) is 22.8 Å². The van der Waals surface area contributed by atoms with Crippen LogP contribution in [0, 0.1) is 6.92 Å². The van der Waals surface area contributed by atoms with Crippen molar-refractivity contribution in [1.29, 1.82) is 0 Å². The smallest absolute Gasteiger partial charge is 0.0897 e. The molecule has 0 saturated carbocycles. The van der Waals surface area contributed by atoms with Gasteiger partial charge in [0.1, 0.15) is 0 Å². The van der Waals surface area contributed by atoms with E-state index in [4.69, 9.17) is 0 Å². The van der Waals surface area contributed by atoms with Gasteiger partial charge < -0.3 is 5.32 Å². The summed E-state index contributed by atoms with van der Waals surface area (Å²) < 4.78 is 1.26. The van der Waals surface area contributed by atoms with Gasteiger partial charge in [0.05, 0.1) is 14.5 Å². The molecule has 1 N–H and O–H groups in total. The first-order valence-electron chi connectivity index (χ1n) is 6.15. The third-order valence-electron chi connectivity index (χ3n) is 3.28. The van der Waals surface area contributed by atoms with Gasteiger partial charge in [0.2, 0.25) is 0 Å². The molecule has 2 heterocycles. The minimum absolute atomic E-state index is 0.498. The molecule has 2 aromatic heterocycles. The van der Waals surface area contributed by atoms with Crippen LogP contribution in [-0.2, 0) is 13.0 Å². The van der Waals surface area contributed by atoms with Gasteiger partial charge >= 0.3 is 0 Å². The Labute approximate surface area is 124 Å². The molecule has 18 heavy (non-hydrogen) atoms. The molecular weight excluding hydrogens is 328 g/mol. The van der Waals surface area contributed by atoms with E-state index >= 15 is 0 Å². The highest BCUT2D eigenvalue weighted by Gasteiger charge is 2.22. The molecule has 5 heteroatoms. The second-order valence-electron chi connectivity index (χ2n) is 4.61. The number of thiazole rings is 1. The van der Waals surface area contributed by atoms with Gasteiger partial charge in [-0.15, -0.1) is 22.7 Å². The lowest BCUT2D eigenvalue weighted by Gasteiger charge is -2.23. The highest BCUT2D eigenvalue weighted by molar-refractivity contribution is 9.11. The monoisotopic (exact) mass is 342 g/mol. The summed E-state index contributed by atoms with van der Waals surface area (Å²) in [6, 6.07) is 2.78. The normalized spacial score (nSPS) is 18.9. The third kappa shape index (κ3) is 2.69. The van der Waals surface area contributed by atoms with Crippen molar-refractivity contribution in [3.63, 3.8) is 0 Å². The summed E-state index contributed by atoms with van der Waals surface area (Å²) in [5, 5.41) is 6.95. The molecule has 0 radical (unpaired) electrons. The number of aryl methyl sites for hydroxylation is 2. The lowest BCUT2D eigenvalue weighted by Crippen LogP contribution is -2.24. The number of nitrogens with one attached hydrogen (secondary N) is 1. The van der Waals surface area contributed by atoms with E-state index in [1.54, 1.807) is 16.2 Å². The van der Waals surface area contributed by atoms with Crippen LogP contribution in [0.4, 0.5) is 0 Å². The number of hydrogen-bond donors (Lipinski definition) is 1. The van der Waals surface area contributed by atoms with E-state index < -0.39 is 0 Å². The minimum Gasteiger partial charge on any atom is -0.304 e. The van der Waals surface area contributed by atoms with E-state index in [0.29, 0.717) is 6.04 Å². The van der Waals surface area contributed by atoms with Gasteiger partial charge in [-0.05, 0) is 53.7 Å². The highest BCUT2D eigenvalue weighted by Crippen LogP contribution is 2.38. The molecule has 0 aliphatic heterocycles. The van der Waals surface area contributed by atoms with Crippen molar-refractivity contribution in [2.24, 2.45) is 0 Å². The molecule has 0 amide bonds. The first-order chi connectivity index (χ1) is 8.72. The van der Waals surface area contributed by atoms with Gasteiger partial charge in [-0.1, -0.05) is 0 Å². The molecule has 96 valence electrons. The van der Waals surface area contributed by atoms with Gasteiger partial charge in [0.25, 0.3) is 0 Å². The Morgan fingerprint density at radius 1 is 1.56 bits per heavy atom. The molecule has 0 aromatic carbocycles. The SMILES string of the molecule is Cc1nc(CNC2CCCc3sc(Br)cc32)cs1. The Morgan fingerprint density at radius 2 is 2.44 bits per heavy atom. The second-order valence-corrected chi connectivity index (χ2v) is 8.19. The first-order valence-corrected chi connectivity index (χ1v) is 8.64. The number of fused-ring (bicyclic) bond motifs is 1. The van der Waals surface area contributed by atoms with Gasteiger partial charge in [-0.25, -0.2) is 4.98 Å². The highest BCUT2D eigenvalue weighted by atomic mass is 79.9. The summed E-state index contributed by atoms with van der Waals surface area (Å²) in [6.45, 7) is 2.94. The molecule has 1 aliphatic carbocycles. The molecule has 2 aromatic rings. The number of thiophene rings is 1. The largest absolute Gasteiger partial charge is 0.304 e. The van der Waals surface area contributed by atoms with Crippen LogP contribution in [-0.4, -0.2) is 4.98 Å². The average Bonchev–Trinajstić information content (AvgIpc) is 2.91. The number of halogens is 1. The molecule has 1 atom stereocenters. The van der Waals surface area contributed by atoms with Crippen molar-refractivity contribution in [2.75, 3.05) is 0 Å². The molecular formula is C13H15BrN2S2. The van der Waals surface area contributed by atoms with E-state index in [1.165, 1.54) is 34.3 Å². The maximum absolute atomic E-state index is 4.51. The Hall–Kier alpha value is -0.230. The number of rotatable bonds is 3. The van der Waals surface area contributed by atoms with Crippen molar-refractivity contribution in [3.05, 3.63) is 36.4 Å². The summed E-state index contributed by atoms with van der Waals surface area (Å²) in [6.07, 6.45) is 3.76. The summed E-state index contributed by atoms with van der Waals surface area (Å²) in [4.78, 5) is 6.05. The van der Waals surface area contributed by atoms with Crippen molar-refractivity contribution >= 4 is 38.6 Å². The van der Waals surface area contributed by atoms with E-state index in [9.17, 15) is 0 Å². The van der Waals surface area contributed by atoms with Crippen LogP contribution in [0.3, 0.4) is 0 Å². The summed E-state index contributed by atoms with van der Waals surface area (Å²) in [7, 11) is 0. The van der Waals surface area contributed by atoms with Crippen LogP contribution in [0.5, 0.6) is 0 Å². The number of hydrogen-bond acceptors (Lipinski definition) is 4. The molecule has 2 nitrogen and oxygen atoms in total. The number of aromatic nitrogens is 1. The molecule has 1 aliphatic rings. The zero-order valence-corrected chi connectivity index (χ0v) is 13.4. The molecule has 0 spiro atoms. The van der Waals surface area contributed by atoms with E-state index in [-0.39, 0.29) is 0 Å². The van der Waals surface area contributed by atoms with Crippen LogP contribution in [0.1, 0.15) is 40.0 Å². The molecule has 0 fully saturated rings. The maximum atomic E-state index is 4.51. The van der Waals surface area contributed by atoms with Crippen LogP contribution in [0.2, 0.25) is 0 Å². The standard InChI is InChI=1S/C13H15BrN2S2/c1-8-16-9(7-17-8)6-15-11-3-2-4-12-10(11)5-13(14)18-12/h5,7,11,15H,2-4,6H2,1H3. The van der Waals surface area contributed by atoms with Crippen LogP contribution in [0.25, 0.3) is 0 Å². The Kier molecular flexibility index (Phi) is 3.84. The fourth-order valence-corrected chi connectivity index (χ4v) is 4.88. The van der Waals surface area contributed by atoms with Crippen molar-refractivity contribution in [2.45, 2.75) is 38.8 Å². The molecule has 1 unspecified atom stereocenters. The third-order valence-corrected chi connectivity index (χ3v) is 5.82. The molecule has 3 rings (SSSR count). The van der Waals surface area contributed by atoms with Gasteiger partial charge in [0.15, 0.2) is 0 Å². The van der Waals surface area contributed by atoms with Crippen LogP contribution >= 0.6 is 38.6 Å². The molecule has 0 bridgehead atoms. The lowest BCUT2D eigenvalue weighted by molar-refractivity contribution is 0.460. The Bertz CT molecular complexity index is 547.